The van der Waals surface area contributed by atoms with Gasteiger partial charge in [0.05, 0.1) is 18.1 Å². The van der Waals surface area contributed by atoms with Crippen molar-refractivity contribution < 1.29 is 14.7 Å². The molecule has 3 heterocycles. The number of thiazole rings is 1. The number of aromatic carboxylic acids is 1. The number of carboxylic acid groups (broad SMARTS) is 1. The van der Waals surface area contributed by atoms with Crippen LogP contribution in [-0.4, -0.2) is 63.0 Å². The minimum absolute atomic E-state index is 0.161. The van der Waals surface area contributed by atoms with Crippen LogP contribution in [0.4, 0.5) is 5.13 Å². The average Bonchev–Trinajstić information content (AvgIpc) is 2.93. The Bertz CT molecular complexity index is 746. The van der Waals surface area contributed by atoms with Crippen molar-refractivity contribution in [3.8, 4) is 0 Å². The summed E-state index contributed by atoms with van der Waals surface area (Å²) in [5, 5.41) is 9.80. The number of carbonyl (C=O) groups is 2. The van der Waals surface area contributed by atoms with E-state index in [0.29, 0.717) is 26.2 Å². The first-order chi connectivity index (χ1) is 11.5. The smallest absolute Gasteiger partial charge is 0.356 e. The molecular weight excluding hydrogens is 330 g/mol. The molecule has 0 radical (unpaired) electrons. The number of carboxylic acids is 1. The largest absolute Gasteiger partial charge is 0.476 e. The number of aryl methyl sites for hydroxylation is 2. The maximum Gasteiger partial charge on any atom is 0.356 e. The van der Waals surface area contributed by atoms with Crippen LogP contribution in [-0.2, 0) is 0 Å². The van der Waals surface area contributed by atoms with Gasteiger partial charge in [-0.1, -0.05) is 0 Å². The van der Waals surface area contributed by atoms with Gasteiger partial charge in [0.2, 0.25) is 0 Å². The number of aromatic nitrogens is 3. The molecule has 1 aliphatic rings. The normalized spacial score (nSPS) is 14.8. The lowest BCUT2D eigenvalue weighted by atomic mass is 10.3. The Morgan fingerprint density at radius 2 is 1.71 bits per heavy atom. The highest BCUT2D eigenvalue weighted by Gasteiger charge is 2.25. The summed E-state index contributed by atoms with van der Waals surface area (Å²) in [7, 11) is 0. The van der Waals surface area contributed by atoms with Gasteiger partial charge in [0.25, 0.3) is 5.91 Å². The Balaban J connectivity index is 1.63. The molecule has 2 aromatic heterocycles. The maximum absolute atomic E-state index is 12.4. The van der Waals surface area contributed by atoms with Crippen LogP contribution in [0.3, 0.4) is 0 Å². The van der Waals surface area contributed by atoms with Crippen LogP contribution >= 0.6 is 11.3 Å². The number of hydrogen-bond acceptors (Lipinski definition) is 7. The molecule has 9 heteroatoms. The summed E-state index contributed by atoms with van der Waals surface area (Å²) in [6.07, 6.45) is 2.32. The van der Waals surface area contributed by atoms with E-state index >= 15 is 0 Å². The molecule has 3 rings (SSSR count). The molecule has 0 aliphatic carbocycles. The van der Waals surface area contributed by atoms with E-state index in [2.05, 4.69) is 26.8 Å². The molecule has 0 bridgehead atoms. The fraction of sp³-hybridized carbons (Fsp3) is 0.400. The van der Waals surface area contributed by atoms with Crippen molar-refractivity contribution >= 4 is 28.3 Å². The van der Waals surface area contributed by atoms with Crippen molar-refractivity contribution in [1.82, 2.24) is 19.9 Å². The van der Waals surface area contributed by atoms with Crippen molar-refractivity contribution in [2.45, 2.75) is 13.8 Å². The zero-order valence-corrected chi connectivity index (χ0v) is 14.2. The van der Waals surface area contributed by atoms with Gasteiger partial charge in [0.15, 0.2) is 10.8 Å². The van der Waals surface area contributed by atoms with Crippen LogP contribution in [0.2, 0.25) is 0 Å². The van der Waals surface area contributed by atoms with Crippen LogP contribution in [0, 0.1) is 13.8 Å². The topological polar surface area (TPSA) is 99.5 Å². The van der Waals surface area contributed by atoms with E-state index in [1.165, 1.54) is 11.1 Å². The summed E-state index contributed by atoms with van der Waals surface area (Å²) >= 11 is 1.66. The van der Waals surface area contributed by atoms with Gasteiger partial charge in [-0.3, -0.25) is 4.79 Å². The lowest BCUT2D eigenvalue weighted by molar-refractivity contribution is 0.0684. The second kappa shape index (κ2) is 6.52. The predicted molar refractivity (Wildman–Crippen MR) is 88.7 cm³/mol. The van der Waals surface area contributed by atoms with Gasteiger partial charge in [0.1, 0.15) is 5.69 Å². The fourth-order valence-electron chi connectivity index (χ4n) is 2.40. The molecule has 0 saturated carbocycles. The van der Waals surface area contributed by atoms with Crippen LogP contribution in [0.5, 0.6) is 0 Å². The van der Waals surface area contributed by atoms with E-state index in [-0.39, 0.29) is 17.3 Å². The third-order valence-electron chi connectivity index (χ3n) is 3.94. The first kappa shape index (κ1) is 16.3. The summed E-state index contributed by atoms with van der Waals surface area (Å²) in [4.78, 5) is 40.5. The van der Waals surface area contributed by atoms with Crippen LogP contribution < -0.4 is 4.90 Å². The highest BCUT2D eigenvalue weighted by atomic mass is 32.1. The first-order valence-electron chi connectivity index (χ1n) is 7.49. The minimum atomic E-state index is -1.16. The first-order valence-corrected chi connectivity index (χ1v) is 8.31. The van der Waals surface area contributed by atoms with E-state index < -0.39 is 5.97 Å². The van der Waals surface area contributed by atoms with Crippen molar-refractivity contribution in [3.05, 3.63) is 34.4 Å². The maximum atomic E-state index is 12.4. The van der Waals surface area contributed by atoms with Gasteiger partial charge in [-0.25, -0.2) is 19.7 Å². The molecule has 1 amide bonds. The number of carbonyl (C=O) groups excluding carboxylic acids is 1. The molecule has 1 aliphatic heterocycles. The Labute approximate surface area is 142 Å². The summed E-state index contributed by atoms with van der Waals surface area (Å²) in [5.74, 6) is -1.39. The van der Waals surface area contributed by atoms with E-state index in [4.69, 9.17) is 5.11 Å². The summed E-state index contributed by atoms with van der Waals surface area (Å²) in [5.41, 5.74) is 1.03. The van der Waals surface area contributed by atoms with E-state index in [9.17, 15) is 9.59 Å². The Morgan fingerprint density at radius 3 is 2.21 bits per heavy atom. The average molecular weight is 347 g/mol. The monoisotopic (exact) mass is 347 g/mol. The number of rotatable bonds is 3. The summed E-state index contributed by atoms with van der Waals surface area (Å²) in [6, 6.07) is 0. The number of hydrogen-bond donors (Lipinski definition) is 1. The summed E-state index contributed by atoms with van der Waals surface area (Å²) < 4.78 is 0. The molecule has 8 nitrogen and oxygen atoms in total. The van der Waals surface area contributed by atoms with Gasteiger partial charge < -0.3 is 14.9 Å². The van der Waals surface area contributed by atoms with Gasteiger partial charge >= 0.3 is 5.97 Å². The Morgan fingerprint density at radius 1 is 1.08 bits per heavy atom. The zero-order chi connectivity index (χ0) is 17.3. The highest BCUT2D eigenvalue weighted by Crippen LogP contribution is 2.26. The van der Waals surface area contributed by atoms with Gasteiger partial charge in [-0.05, 0) is 13.8 Å². The standard InChI is InChI=1S/C15H17N5O3S/c1-9-10(2)24-15(18-9)20-5-3-19(4-6-20)13(21)11-7-17-12(8-16-11)14(22)23/h7-8H,3-6H2,1-2H3,(H,22,23). The van der Waals surface area contributed by atoms with Gasteiger partial charge in [-0.2, -0.15) is 0 Å². The van der Waals surface area contributed by atoms with Crippen molar-refractivity contribution in [1.29, 1.82) is 0 Å². The molecule has 0 unspecified atom stereocenters. The number of nitrogens with zero attached hydrogens (tertiary/aromatic N) is 5. The van der Waals surface area contributed by atoms with Crippen LogP contribution in [0.15, 0.2) is 12.4 Å². The van der Waals surface area contributed by atoms with Crippen molar-refractivity contribution in [2.75, 3.05) is 31.1 Å². The lowest BCUT2D eigenvalue weighted by Crippen LogP contribution is -2.49. The third kappa shape index (κ3) is 3.21. The Hall–Kier alpha value is -2.55. The van der Waals surface area contributed by atoms with Crippen molar-refractivity contribution in [3.63, 3.8) is 0 Å². The molecule has 24 heavy (non-hydrogen) atoms. The molecule has 0 spiro atoms. The minimum Gasteiger partial charge on any atom is -0.476 e. The lowest BCUT2D eigenvalue weighted by Gasteiger charge is -2.34. The second-order valence-electron chi connectivity index (χ2n) is 5.51. The SMILES string of the molecule is Cc1nc(N2CCN(C(=O)c3cnc(C(=O)O)cn3)CC2)sc1C. The molecular formula is C15H17N5O3S. The summed E-state index contributed by atoms with van der Waals surface area (Å²) in [6.45, 7) is 6.60. The van der Waals surface area contributed by atoms with Gasteiger partial charge in [0, 0.05) is 31.1 Å². The second-order valence-corrected chi connectivity index (χ2v) is 6.69. The number of amides is 1. The quantitative estimate of drug-likeness (QED) is 0.891. The zero-order valence-electron chi connectivity index (χ0n) is 13.4. The molecule has 0 atom stereocenters. The number of anilines is 1. The third-order valence-corrected chi connectivity index (χ3v) is 5.08. The molecule has 2 aromatic rings. The van der Waals surface area contributed by atoms with E-state index in [0.717, 1.165) is 17.0 Å². The molecule has 0 aromatic carbocycles. The van der Waals surface area contributed by atoms with E-state index in [1.54, 1.807) is 16.2 Å². The molecule has 1 N–H and O–H groups in total. The number of piperazine rings is 1. The fourth-order valence-corrected chi connectivity index (χ4v) is 3.36. The van der Waals surface area contributed by atoms with E-state index in [1.807, 2.05) is 6.92 Å². The predicted octanol–water partition coefficient (Wildman–Crippen LogP) is 1.21. The molecule has 1 fully saturated rings. The highest BCUT2D eigenvalue weighted by molar-refractivity contribution is 7.15. The van der Waals surface area contributed by atoms with Crippen molar-refractivity contribution in [2.24, 2.45) is 0 Å². The van der Waals surface area contributed by atoms with Crippen LogP contribution in [0.1, 0.15) is 31.5 Å². The molecule has 126 valence electrons. The van der Waals surface area contributed by atoms with Gasteiger partial charge in [-0.15, -0.1) is 11.3 Å². The molecule has 1 saturated heterocycles. The van der Waals surface area contributed by atoms with Crippen LogP contribution in [0.25, 0.3) is 0 Å². The Kier molecular flexibility index (Phi) is 4.43.